The highest BCUT2D eigenvalue weighted by Gasteiger charge is 2.13. The van der Waals surface area contributed by atoms with Crippen molar-refractivity contribution in [3.8, 4) is 0 Å². The first-order chi connectivity index (χ1) is 11.0. The second-order valence-electron chi connectivity index (χ2n) is 5.68. The number of nitrogens with one attached hydrogen (secondary N) is 1. The smallest absolute Gasteiger partial charge is 0.265 e. The Morgan fingerprint density at radius 2 is 2.04 bits per heavy atom. The number of anilines is 1. The molecule has 0 spiro atoms. The molecule has 5 heteroatoms. The van der Waals surface area contributed by atoms with Crippen molar-refractivity contribution < 1.29 is 9.59 Å². The van der Waals surface area contributed by atoms with E-state index >= 15 is 0 Å². The number of allylic oxidation sites excluding steroid dienone is 1. The third-order valence-electron chi connectivity index (χ3n) is 3.82. The number of nitrogens with two attached hydrogens (primary N) is 1. The van der Waals surface area contributed by atoms with Gasteiger partial charge in [-0.15, -0.1) is 0 Å². The fourth-order valence-electron chi connectivity index (χ4n) is 2.58. The zero-order valence-electron chi connectivity index (χ0n) is 13.8. The van der Waals surface area contributed by atoms with E-state index in [1.54, 1.807) is 6.07 Å². The molecular weight excluding hydrogens is 290 g/mol. The van der Waals surface area contributed by atoms with Crippen LogP contribution >= 0.6 is 0 Å². The van der Waals surface area contributed by atoms with Gasteiger partial charge in [-0.25, -0.2) is 0 Å². The van der Waals surface area contributed by atoms with Crippen LogP contribution in [0.3, 0.4) is 0 Å². The molecule has 2 amide bonds. The lowest BCUT2D eigenvalue weighted by Crippen LogP contribution is -2.16. The van der Waals surface area contributed by atoms with E-state index in [1.807, 2.05) is 42.7 Å². The molecule has 0 radical (unpaired) electrons. The van der Waals surface area contributed by atoms with Crippen LogP contribution in [0, 0.1) is 0 Å². The third kappa shape index (κ3) is 3.80. The first kappa shape index (κ1) is 16.8. The molecule has 3 N–H and O–H groups in total. The molecule has 1 heterocycles. The highest BCUT2D eigenvalue weighted by molar-refractivity contribution is 6.00. The van der Waals surface area contributed by atoms with Gasteiger partial charge in [-0.05, 0) is 44.5 Å². The number of carbonyl (C=O) groups is 2. The van der Waals surface area contributed by atoms with Gasteiger partial charge in [-0.2, -0.15) is 0 Å². The summed E-state index contributed by atoms with van der Waals surface area (Å²) in [6.45, 7) is 6.62. The quantitative estimate of drug-likeness (QED) is 0.801. The van der Waals surface area contributed by atoms with Crippen LogP contribution in [0.4, 0.5) is 5.69 Å². The maximum atomic E-state index is 12.0. The molecule has 0 aliphatic carbocycles. The van der Waals surface area contributed by atoms with Gasteiger partial charge in [0.1, 0.15) is 5.69 Å². The molecule has 0 unspecified atom stereocenters. The SMILES string of the molecule is C/C=C(\C)CC(=O)Nc1ccc2c(c1)cc(C(N)=O)n2CCC. The van der Waals surface area contributed by atoms with E-state index in [1.165, 1.54) is 0 Å². The Hall–Kier alpha value is -2.56. The molecule has 0 saturated heterocycles. The molecule has 122 valence electrons. The Bertz CT molecular complexity index is 772. The van der Waals surface area contributed by atoms with Crippen molar-refractivity contribution in [2.45, 2.75) is 40.2 Å². The number of aromatic nitrogens is 1. The predicted molar refractivity (Wildman–Crippen MR) is 93.4 cm³/mol. The summed E-state index contributed by atoms with van der Waals surface area (Å²) in [6, 6.07) is 7.41. The number of hydrogen-bond donors (Lipinski definition) is 2. The molecule has 0 fully saturated rings. The summed E-state index contributed by atoms with van der Waals surface area (Å²) >= 11 is 0. The topological polar surface area (TPSA) is 77.1 Å². The van der Waals surface area contributed by atoms with Crippen molar-refractivity contribution >= 4 is 28.4 Å². The second-order valence-corrected chi connectivity index (χ2v) is 5.68. The Morgan fingerprint density at radius 1 is 1.30 bits per heavy atom. The molecule has 2 rings (SSSR count). The molecule has 23 heavy (non-hydrogen) atoms. The summed E-state index contributed by atoms with van der Waals surface area (Å²) in [5.41, 5.74) is 8.65. The van der Waals surface area contributed by atoms with Crippen LogP contribution in [0.25, 0.3) is 10.9 Å². The molecule has 1 aromatic carbocycles. The molecule has 0 saturated carbocycles. The Balaban J connectivity index is 2.32. The standard InChI is InChI=1S/C18H23N3O2/c1-4-8-21-15-7-6-14(20-17(22)9-12(3)5-2)10-13(15)11-16(21)18(19)23/h5-7,10-11H,4,8-9H2,1-3H3,(H2,19,23)(H,20,22)/b12-5+. The van der Waals surface area contributed by atoms with Gasteiger partial charge in [0, 0.05) is 29.6 Å². The average molecular weight is 313 g/mol. The minimum absolute atomic E-state index is 0.0527. The number of rotatable bonds is 6. The summed E-state index contributed by atoms with van der Waals surface area (Å²) in [4.78, 5) is 23.6. The molecule has 0 aliphatic rings. The lowest BCUT2D eigenvalue weighted by atomic mass is 10.2. The fourth-order valence-corrected chi connectivity index (χ4v) is 2.58. The van der Waals surface area contributed by atoms with Crippen LogP contribution in [0.15, 0.2) is 35.9 Å². The number of aryl methyl sites for hydroxylation is 1. The third-order valence-corrected chi connectivity index (χ3v) is 3.82. The Kier molecular flexibility index (Phi) is 5.21. The second kappa shape index (κ2) is 7.13. The molecule has 5 nitrogen and oxygen atoms in total. The maximum absolute atomic E-state index is 12.0. The van der Waals surface area contributed by atoms with Crippen LogP contribution in [0.1, 0.15) is 44.1 Å². The van der Waals surface area contributed by atoms with Crippen molar-refractivity contribution in [2.75, 3.05) is 5.32 Å². The zero-order chi connectivity index (χ0) is 17.0. The molecule has 0 bridgehead atoms. The minimum atomic E-state index is -0.441. The minimum Gasteiger partial charge on any atom is -0.364 e. The van der Waals surface area contributed by atoms with Gasteiger partial charge in [0.2, 0.25) is 5.91 Å². The van der Waals surface area contributed by atoms with Crippen LogP contribution in [-0.2, 0) is 11.3 Å². The Labute approximate surface area is 136 Å². The van der Waals surface area contributed by atoms with Gasteiger partial charge >= 0.3 is 0 Å². The molecular formula is C18H23N3O2. The fraction of sp³-hybridized carbons (Fsp3) is 0.333. The number of fused-ring (bicyclic) bond motifs is 1. The van der Waals surface area contributed by atoms with Gasteiger partial charge < -0.3 is 15.6 Å². The van der Waals surface area contributed by atoms with Crippen LogP contribution < -0.4 is 11.1 Å². The highest BCUT2D eigenvalue weighted by Crippen LogP contribution is 2.24. The van der Waals surface area contributed by atoms with Crippen LogP contribution in [0.2, 0.25) is 0 Å². The van der Waals surface area contributed by atoms with Crippen LogP contribution in [-0.4, -0.2) is 16.4 Å². The van der Waals surface area contributed by atoms with Gasteiger partial charge in [0.05, 0.1) is 0 Å². The lowest BCUT2D eigenvalue weighted by molar-refractivity contribution is -0.115. The molecule has 2 aromatic rings. The first-order valence-electron chi connectivity index (χ1n) is 7.81. The number of amides is 2. The van der Waals surface area contributed by atoms with E-state index in [-0.39, 0.29) is 5.91 Å². The zero-order valence-corrected chi connectivity index (χ0v) is 13.8. The summed E-state index contributed by atoms with van der Waals surface area (Å²) in [6.07, 6.45) is 3.20. The first-order valence-corrected chi connectivity index (χ1v) is 7.81. The molecule has 1 aromatic heterocycles. The van der Waals surface area contributed by atoms with Crippen molar-refractivity contribution in [1.29, 1.82) is 0 Å². The van der Waals surface area contributed by atoms with Crippen molar-refractivity contribution in [2.24, 2.45) is 5.73 Å². The summed E-state index contributed by atoms with van der Waals surface area (Å²) in [7, 11) is 0. The predicted octanol–water partition coefficient (Wildman–Crippen LogP) is 3.45. The van der Waals surface area contributed by atoms with E-state index in [4.69, 9.17) is 5.73 Å². The number of hydrogen-bond acceptors (Lipinski definition) is 2. The van der Waals surface area contributed by atoms with Gasteiger partial charge in [-0.1, -0.05) is 18.6 Å². The highest BCUT2D eigenvalue weighted by atomic mass is 16.2. The summed E-state index contributed by atoms with van der Waals surface area (Å²) < 4.78 is 1.92. The van der Waals surface area contributed by atoms with Gasteiger partial charge in [-0.3, -0.25) is 9.59 Å². The average Bonchev–Trinajstić information content (AvgIpc) is 2.85. The summed E-state index contributed by atoms with van der Waals surface area (Å²) in [5.74, 6) is -0.494. The Morgan fingerprint density at radius 3 is 2.65 bits per heavy atom. The van der Waals surface area contributed by atoms with Crippen molar-refractivity contribution in [1.82, 2.24) is 4.57 Å². The van der Waals surface area contributed by atoms with Gasteiger partial charge in [0.25, 0.3) is 5.91 Å². The maximum Gasteiger partial charge on any atom is 0.265 e. The summed E-state index contributed by atoms with van der Waals surface area (Å²) in [5, 5.41) is 3.78. The van der Waals surface area contributed by atoms with Gasteiger partial charge in [0.15, 0.2) is 0 Å². The lowest BCUT2D eigenvalue weighted by Gasteiger charge is -2.08. The largest absolute Gasteiger partial charge is 0.364 e. The van der Waals surface area contributed by atoms with E-state index in [0.29, 0.717) is 12.1 Å². The van der Waals surface area contributed by atoms with E-state index in [0.717, 1.165) is 35.1 Å². The number of benzene rings is 1. The number of carbonyl (C=O) groups excluding carboxylic acids is 2. The molecule has 0 atom stereocenters. The molecule has 0 aliphatic heterocycles. The number of primary amides is 1. The van der Waals surface area contributed by atoms with E-state index in [2.05, 4.69) is 12.2 Å². The van der Waals surface area contributed by atoms with Crippen LogP contribution in [0.5, 0.6) is 0 Å². The van der Waals surface area contributed by atoms with E-state index < -0.39 is 5.91 Å². The van der Waals surface area contributed by atoms with E-state index in [9.17, 15) is 9.59 Å². The monoisotopic (exact) mass is 313 g/mol. The normalized spacial score (nSPS) is 11.7. The van der Waals surface area contributed by atoms with Crippen molar-refractivity contribution in [3.05, 3.63) is 41.6 Å². The number of nitrogens with zero attached hydrogens (tertiary/aromatic N) is 1. The van der Waals surface area contributed by atoms with Crippen molar-refractivity contribution in [3.63, 3.8) is 0 Å².